The molecule has 3 aromatic carbocycles. The van der Waals surface area contributed by atoms with Crippen molar-refractivity contribution in [1.29, 1.82) is 0 Å². The first-order chi connectivity index (χ1) is 15.4. The van der Waals surface area contributed by atoms with Gasteiger partial charge in [-0.3, -0.25) is 9.59 Å². The molecule has 0 saturated carbocycles. The Morgan fingerprint density at radius 2 is 1.91 bits per heavy atom. The van der Waals surface area contributed by atoms with Gasteiger partial charge in [0, 0.05) is 27.4 Å². The molecule has 1 aliphatic heterocycles. The first kappa shape index (κ1) is 21.9. The van der Waals surface area contributed by atoms with E-state index >= 15 is 0 Å². The van der Waals surface area contributed by atoms with Crippen LogP contribution in [0.3, 0.4) is 0 Å². The molecule has 162 valence electrons. The number of ether oxygens (including phenoxy) is 1. The number of carbonyl (C=O) groups is 2. The van der Waals surface area contributed by atoms with Crippen molar-refractivity contribution in [3.8, 4) is 5.75 Å². The summed E-state index contributed by atoms with van der Waals surface area (Å²) in [5, 5.41) is 3.58. The van der Waals surface area contributed by atoms with Crippen LogP contribution in [-0.2, 0) is 16.1 Å². The molecule has 0 unspecified atom stereocenters. The Bertz CT molecular complexity index is 1190. The molecule has 4 rings (SSSR count). The lowest BCUT2D eigenvalue weighted by atomic mass is 10.1. The van der Waals surface area contributed by atoms with E-state index in [9.17, 15) is 14.0 Å². The topological polar surface area (TPSA) is 58.6 Å². The quantitative estimate of drug-likeness (QED) is 0.485. The van der Waals surface area contributed by atoms with Crippen LogP contribution in [0.1, 0.15) is 11.1 Å². The zero-order valence-corrected chi connectivity index (χ0v) is 18.2. The number of carbonyl (C=O) groups excluding carboxylic acids is 2. The van der Waals surface area contributed by atoms with Crippen molar-refractivity contribution < 1.29 is 18.7 Å². The van der Waals surface area contributed by atoms with E-state index in [-0.39, 0.29) is 35.6 Å². The molecule has 1 N–H and O–H groups in total. The van der Waals surface area contributed by atoms with Gasteiger partial charge in [-0.25, -0.2) is 4.39 Å². The van der Waals surface area contributed by atoms with Gasteiger partial charge in [0.2, 0.25) is 5.91 Å². The number of anilines is 2. The standard InChI is InChI=1S/C24H17Cl2FN2O3/c25-16-7-4-15(5-8-16)6-11-23(30)28-17-9-10-22-21(12-17)29(24(31)14-32-22)13-18-19(26)2-1-3-20(18)27/h1-12H,13-14H2,(H,28,30)/b11-6+. The molecule has 3 aromatic rings. The first-order valence-electron chi connectivity index (χ1n) is 9.65. The molecule has 0 spiro atoms. The van der Waals surface area contributed by atoms with Crippen molar-refractivity contribution in [3.05, 3.63) is 93.7 Å². The minimum atomic E-state index is -0.505. The van der Waals surface area contributed by atoms with Gasteiger partial charge < -0.3 is 15.0 Å². The summed E-state index contributed by atoms with van der Waals surface area (Å²) in [6, 6.07) is 16.3. The van der Waals surface area contributed by atoms with E-state index in [1.165, 1.54) is 23.1 Å². The summed E-state index contributed by atoms with van der Waals surface area (Å²) >= 11 is 12.0. The third-order valence-electron chi connectivity index (χ3n) is 4.84. The van der Waals surface area contributed by atoms with Gasteiger partial charge in [-0.15, -0.1) is 0 Å². The molecule has 1 heterocycles. The van der Waals surface area contributed by atoms with Gasteiger partial charge in [0.15, 0.2) is 6.61 Å². The van der Waals surface area contributed by atoms with Crippen LogP contribution in [0.25, 0.3) is 6.08 Å². The highest BCUT2D eigenvalue weighted by atomic mass is 35.5. The molecule has 0 bridgehead atoms. The third kappa shape index (κ3) is 4.93. The number of nitrogens with one attached hydrogen (secondary N) is 1. The maximum absolute atomic E-state index is 14.3. The Morgan fingerprint density at radius 3 is 2.66 bits per heavy atom. The zero-order valence-electron chi connectivity index (χ0n) is 16.6. The third-order valence-corrected chi connectivity index (χ3v) is 5.45. The Kier molecular flexibility index (Phi) is 6.44. The van der Waals surface area contributed by atoms with Crippen molar-refractivity contribution in [1.82, 2.24) is 0 Å². The van der Waals surface area contributed by atoms with Crippen LogP contribution in [-0.4, -0.2) is 18.4 Å². The summed E-state index contributed by atoms with van der Waals surface area (Å²) in [6.07, 6.45) is 3.05. The molecule has 0 radical (unpaired) electrons. The zero-order chi connectivity index (χ0) is 22.7. The van der Waals surface area contributed by atoms with E-state index in [2.05, 4.69) is 5.32 Å². The maximum atomic E-state index is 14.3. The molecule has 0 atom stereocenters. The maximum Gasteiger partial charge on any atom is 0.265 e. The molecule has 32 heavy (non-hydrogen) atoms. The van der Waals surface area contributed by atoms with Gasteiger partial charge in [-0.05, 0) is 54.1 Å². The first-order valence-corrected chi connectivity index (χ1v) is 10.4. The van der Waals surface area contributed by atoms with Crippen LogP contribution in [0.4, 0.5) is 15.8 Å². The SMILES string of the molecule is O=C(/C=C/c1ccc(Cl)cc1)Nc1ccc2c(c1)N(Cc1c(F)cccc1Cl)C(=O)CO2. The van der Waals surface area contributed by atoms with Crippen molar-refractivity contribution in [2.24, 2.45) is 0 Å². The van der Waals surface area contributed by atoms with Crippen molar-refractivity contribution in [2.45, 2.75) is 6.54 Å². The predicted molar refractivity (Wildman–Crippen MR) is 124 cm³/mol. The van der Waals surface area contributed by atoms with E-state index in [1.807, 2.05) is 0 Å². The Hall–Kier alpha value is -3.35. The fraction of sp³-hybridized carbons (Fsp3) is 0.0833. The summed E-state index contributed by atoms with van der Waals surface area (Å²) in [6.45, 7) is -0.233. The second kappa shape index (κ2) is 9.42. The number of rotatable bonds is 5. The van der Waals surface area contributed by atoms with E-state index in [0.29, 0.717) is 22.1 Å². The van der Waals surface area contributed by atoms with E-state index < -0.39 is 5.82 Å². The highest BCUT2D eigenvalue weighted by Crippen LogP contribution is 2.36. The minimum Gasteiger partial charge on any atom is -0.482 e. The number of amides is 2. The van der Waals surface area contributed by atoms with Crippen molar-refractivity contribution >= 4 is 52.5 Å². The second-order valence-corrected chi connectivity index (χ2v) is 7.87. The smallest absolute Gasteiger partial charge is 0.265 e. The van der Waals surface area contributed by atoms with Gasteiger partial charge in [-0.2, -0.15) is 0 Å². The lowest BCUT2D eigenvalue weighted by Crippen LogP contribution is -2.38. The van der Waals surface area contributed by atoms with Crippen molar-refractivity contribution in [3.63, 3.8) is 0 Å². The van der Waals surface area contributed by atoms with Gasteiger partial charge in [0.25, 0.3) is 5.91 Å². The molecule has 2 amide bonds. The molecule has 0 aliphatic carbocycles. The second-order valence-electron chi connectivity index (χ2n) is 7.03. The average molecular weight is 471 g/mol. The number of fused-ring (bicyclic) bond motifs is 1. The largest absolute Gasteiger partial charge is 0.482 e. The average Bonchev–Trinajstić information content (AvgIpc) is 2.77. The minimum absolute atomic E-state index is 0.0609. The monoisotopic (exact) mass is 470 g/mol. The van der Waals surface area contributed by atoms with Crippen LogP contribution in [0.5, 0.6) is 5.75 Å². The molecular weight excluding hydrogens is 454 g/mol. The molecule has 1 aliphatic rings. The lowest BCUT2D eigenvalue weighted by Gasteiger charge is -2.30. The van der Waals surface area contributed by atoms with Gasteiger partial charge >= 0.3 is 0 Å². The number of halogens is 3. The van der Waals surface area contributed by atoms with Crippen molar-refractivity contribution in [2.75, 3.05) is 16.8 Å². The molecule has 0 aromatic heterocycles. The lowest BCUT2D eigenvalue weighted by molar-refractivity contribution is -0.121. The molecule has 0 saturated heterocycles. The van der Waals surface area contributed by atoms with Crippen LogP contribution >= 0.6 is 23.2 Å². The molecule has 5 nitrogen and oxygen atoms in total. The Morgan fingerprint density at radius 1 is 1.12 bits per heavy atom. The highest BCUT2D eigenvalue weighted by Gasteiger charge is 2.27. The van der Waals surface area contributed by atoms with E-state index in [4.69, 9.17) is 27.9 Å². The van der Waals surface area contributed by atoms with Crippen LogP contribution in [0.2, 0.25) is 10.0 Å². The summed E-state index contributed by atoms with van der Waals surface area (Å²) < 4.78 is 19.8. The van der Waals surface area contributed by atoms with Gasteiger partial charge in [-0.1, -0.05) is 41.4 Å². The molecular formula is C24H17Cl2FN2O3. The fourth-order valence-electron chi connectivity index (χ4n) is 3.22. The summed E-state index contributed by atoms with van der Waals surface area (Å²) in [5.41, 5.74) is 1.90. The van der Waals surface area contributed by atoms with Crippen LogP contribution in [0, 0.1) is 5.82 Å². The normalized spacial score (nSPS) is 13.1. The van der Waals surface area contributed by atoms with E-state index in [1.54, 1.807) is 54.6 Å². The Labute approximate surface area is 194 Å². The molecule has 8 heteroatoms. The van der Waals surface area contributed by atoms with Gasteiger partial charge in [0.05, 0.1) is 12.2 Å². The fourth-order valence-corrected chi connectivity index (χ4v) is 3.57. The summed E-state index contributed by atoms with van der Waals surface area (Å²) in [4.78, 5) is 26.3. The number of benzene rings is 3. The number of nitrogens with zero attached hydrogens (tertiary/aromatic N) is 1. The highest BCUT2D eigenvalue weighted by molar-refractivity contribution is 6.31. The molecule has 0 fully saturated rings. The van der Waals surface area contributed by atoms with E-state index in [0.717, 1.165) is 5.56 Å². The van der Waals surface area contributed by atoms with Crippen LogP contribution < -0.4 is 15.0 Å². The van der Waals surface area contributed by atoms with Crippen LogP contribution in [0.15, 0.2) is 66.7 Å². The predicted octanol–water partition coefficient (Wildman–Crippen LogP) is 5.71. The summed E-state index contributed by atoms with van der Waals surface area (Å²) in [7, 11) is 0. The summed E-state index contributed by atoms with van der Waals surface area (Å²) in [5.74, 6) is -0.753. The van der Waals surface area contributed by atoms with Gasteiger partial charge in [0.1, 0.15) is 11.6 Å². The number of hydrogen-bond acceptors (Lipinski definition) is 3. The number of hydrogen-bond donors (Lipinski definition) is 1. The Balaban J connectivity index is 1.55.